The summed E-state index contributed by atoms with van der Waals surface area (Å²) in [7, 11) is 1.78. The van der Waals surface area contributed by atoms with Crippen molar-refractivity contribution in [1.82, 2.24) is 15.6 Å². The topological polar surface area (TPSA) is 66.0 Å². The summed E-state index contributed by atoms with van der Waals surface area (Å²) in [4.78, 5) is 11.3. The second-order valence-electron chi connectivity index (χ2n) is 3.56. The van der Waals surface area contributed by atoms with Gasteiger partial charge in [-0.3, -0.25) is 0 Å². The Balaban J connectivity index is 2.81. The number of ether oxygens (including phenoxy) is 1. The van der Waals surface area contributed by atoms with Crippen LogP contribution in [0.2, 0.25) is 0 Å². The molecule has 6 nitrogen and oxygen atoms in total. The van der Waals surface area contributed by atoms with Gasteiger partial charge in [0.1, 0.15) is 0 Å². The van der Waals surface area contributed by atoms with E-state index >= 15 is 0 Å². The Morgan fingerprint density at radius 1 is 1.47 bits per heavy atom. The average Bonchev–Trinajstić information content (AvgIpc) is 2.30. The SMILES string of the molecule is C/C=N\N(C)/C1=C/C=C(\C)CNC(=O)NCO1. The standard InChI is InChI=1S/C11H18N4O2/c1-4-14-15(3)10-6-5-9(2)7-12-11(16)13-8-17-10/h4-6H,7-8H2,1-3H3,(H2,12,13,16)/b9-5+,10-6-,14-4-. The van der Waals surface area contributed by atoms with E-state index in [0.717, 1.165) is 5.57 Å². The van der Waals surface area contributed by atoms with E-state index in [-0.39, 0.29) is 12.8 Å². The average molecular weight is 238 g/mol. The van der Waals surface area contributed by atoms with Crippen LogP contribution >= 0.6 is 0 Å². The number of urea groups is 1. The second kappa shape index (κ2) is 6.57. The molecule has 0 saturated heterocycles. The Kier molecular flexibility index (Phi) is 5.06. The molecule has 0 atom stereocenters. The van der Waals surface area contributed by atoms with Gasteiger partial charge in [-0.1, -0.05) is 11.6 Å². The van der Waals surface area contributed by atoms with Gasteiger partial charge in [0.05, 0.1) is 0 Å². The van der Waals surface area contributed by atoms with E-state index < -0.39 is 0 Å². The molecule has 1 aliphatic rings. The van der Waals surface area contributed by atoms with E-state index in [0.29, 0.717) is 12.4 Å². The molecule has 2 N–H and O–H groups in total. The highest BCUT2D eigenvalue weighted by molar-refractivity contribution is 5.73. The summed E-state index contributed by atoms with van der Waals surface area (Å²) in [6.45, 7) is 4.37. The predicted octanol–water partition coefficient (Wildman–Crippen LogP) is 0.998. The number of hydrazone groups is 1. The molecule has 6 heteroatoms. The van der Waals surface area contributed by atoms with Crippen molar-refractivity contribution in [1.29, 1.82) is 0 Å². The third-order valence-electron chi connectivity index (χ3n) is 2.10. The first kappa shape index (κ1) is 13.1. The van der Waals surface area contributed by atoms with Gasteiger partial charge in [0.2, 0.25) is 5.88 Å². The van der Waals surface area contributed by atoms with E-state index in [1.807, 2.05) is 26.0 Å². The highest BCUT2D eigenvalue weighted by Crippen LogP contribution is 2.06. The number of rotatable bonds is 2. The summed E-state index contributed by atoms with van der Waals surface area (Å²) in [5, 5.41) is 11.0. The number of carbonyl (C=O) groups is 1. The van der Waals surface area contributed by atoms with Crippen LogP contribution in [0.15, 0.2) is 28.7 Å². The Hall–Kier alpha value is -1.98. The van der Waals surface area contributed by atoms with Gasteiger partial charge >= 0.3 is 6.03 Å². The zero-order valence-corrected chi connectivity index (χ0v) is 10.4. The number of allylic oxidation sites excluding steroid dienone is 2. The van der Waals surface area contributed by atoms with Gasteiger partial charge < -0.3 is 15.4 Å². The van der Waals surface area contributed by atoms with Crippen molar-refractivity contribution in [3.05, 3.63) is 23.6 Å². The molecule has 0 aliphatic carbocycles. The molecule has 17 heavy (non-hydrogen) atoms. The lowest BCUT2D eigenvalue weighted by Gasteiger charge is -2.19. The first-order chi connectivity index (χ1) is 8.13. The van der Waals surface area contributed by atoms with Crippen LogP contribution < -0.4 is 10.6 Å². The zero-order valence-electron chi connectivity index (χ0n) is 10.4. The number of nitrogens with zero attached hydrogens (tertiary/aromatic N) is 2. The van der Waals surface area contributed by atoms with Gasteiger partial charge in [-0.2, -0.15) is 5.10 Å². The Labute approximate surface area is 101 Å². The van der Waals surface area contributed by atoms with E-state index in [9.17, 15) is 4.79 Å². The van der Waals surface area contributed by atoms with E-state index in [2.05, 4.69) is 15.7 Å². The summed E-state index contributed by atoms with van der Waals surface area (Å²) >= 11 is 0. The molecule has 0 bridgehead atoms. The van der Waals surface area contributed by atoms with Gasteiger partial charge in [-0.15, -0.1) is 0 Å². The third kappa shape index (κ3) is 4.58. The number of hydrogen-bond acceptors (Lipinski definition) is 4. The molecule has 0 radical (unpaired) electrons. The van der Waals surface area contributed by atoms with E-state index in [4.69, 9.17) is 4.74 Å². The lowest BCUT2D eigenvalue weighted by molar-refractivity contribution is 0.118. The Bertz CT molecular complexity index is 360. The fourth-order valence-corrected chi connectivity index (χ4v) is 1.21. The summed E-state index contributed by atoms with van der Waals surface area (Å²) in [6.07, 6.45) is 5.38. The molecule has 1 rings (SSSR count). The van der Waals surface area contributed by atoms with Gasteiger partial charge in [-0.25, -0.2) is 9.80 Å². The molecular weight excluding hydrogens is 220 g/mol. The second-order valence-corrected chi connectivity index (χ2v) is 3.56. The molecule has 0 fully saturated rings. The molecule has 1 heterocycles. The van der Waals surface area contributed by atoms with Crippen LogP contribution in [0, 0.1) is 0 Å². The third-order valence-corrected chi connectivity index (χ3v) is 2.10. The Morgan fingerprint density at radius 3 is 2.94 bits per heavy atom. The minimum atomic E-state index is -0.249. The van der Waals surface area contributed by atoms with Gasteiger partial charge in [0.25, 0.3) is 0 Å². The fourth-order valence-electron chi connectivity index (χ4n) is 1.21. The summed E-state index contributed by atoms with van der Waals surface area (Å²) in [5.41, 5.74) is 1.03. The van der Waals surface area contributed by atoms with Crippen molar-refractivity contribution < 1.29 is 9.53 Å². The molecule has 0 aromatic rings. The van der Waals surface area contributed by atoms with Crippen LogP contribution in [0.4, 0.5) is 4.79 Å². The van der Waals surface area contributed by atoms with Gasteiger partial charge in [0.15, 0.2) is 6.73 Å². The van der Waals surface area contributed by atoms with Crippen LogP contribution in [-0.2, 0) is 4.74 Å². The lowest BCUT2D eigenvalue weighted by atomic mass is 10.3. The number of nitrogens with one attached hydrogen (secondary N) is 2. The predicted molar refractivity (Wildman–Crippen MR) is 66.3 cm³/mol. The molecule has 0 saturated carbocycles. The smallest absolute Gasteiger partial charge is 0.317 e. The molecule has 0 unspecified atom stereocenters. The quantitative estimate of drug-likeness (QED) is 0.557. The van der Waals surface area contributed by atoms with Crippen molar-refractivity contribution in [2.45, 2.75) is 13.8 Å². The Morgan fingerprint density at radius 2 is 2.24 bits per heavy atom. The molecule has 0 aromatic heterocycles. The largest absolute Gasteiger partial charge is 0.457 e. The minimum Gasteiger partial charge on any atom is -0.457 e. The minimum absolute atomic E-state index is 0.105. The first-order valence-corrected chi connectivity index (χ1v) is 5.37. The highest BCUT2D eigenvalue weighted by Gasteiger charge is 2.06. The van der Waals surface area contributed by atoms with Crippen LogP contribution in [0.3, 0.4) is 0 Å². The van der Waals surface area contributed by atoms with Crippen molar-refractivity contribution >= 4 is 12.2 Å². The number of hydrogen-bond donors (Lipinski definition) is 2. The molecule has 0 spiro atoms. The molecule has 0 aromatic carbocycles. The number of carbonyl (C=O) groups excluding carboxylic acids is 1. The van der Waals surface area contributed by atoms with Gasteiger partial charge in [0, 0.05) is 19.8 Å². The van der Waals surface area contributed by atoms with Crippen molar-refractivity contribution in [3.8, 4) is 0 Å². The summed E-state index contributed by atoms with van der Waals surface area (Å²) in [5.74, 6) is 0.574. The zero-order chi connectivity index (χ0) is 12.7. The molecular formula is C11H18N4O2. The lowest BCUT2D eigenvalue weighted by Crippen LogP contribution is -2.38. The normalized spacial score (nSPS) is 23.6. The summed E-state index contributed by atoms with van der Waals surface area (Å²) in [6, 6.07) is -0.249. The fraction of sp³-hybridized carbons (Fsp3) is 0.455. The maximum atomic E-state index is 11.3. The number of amides is 2. The van der Waals surface area contributed by atoms with Crippen LogP contribution in [0.1, 0.15) is 13.8 Å². The van der Waals surface area contributed by atoms with Gasteiger partial charge in [-0.05, 0) is 19.9 Å². The maximum Gasteiger partial charge on any atom is 0.317 e. The highest BCUT2D eigenvalue weighted by atomic mass is 16.5. The van der Waals surface area contributed by atoms with Crippen molar-refractivity contribution in [2.24, 2.45) is 5.10 Å². The van der Waals surface area contributed by atoms with Crippen LogP contribution in [0.5, 0.6) is 0 Å². The van der Waals surface area contributed by atoms with Crippen molar-refractivity contribution in [3.63, 3.8) is 0 Å². The maximum absolute atomic E-state index is 11.3. The summed E-state index contributed by atoms with van der Waals surface area (Å²) < 4.78 is 5.41. The monoisotopic (exact) mass is 238 g/mol. The van der Waals surface area contributed by atoms with Crippen LogP contribution in [-0.4, -0.2) is 37.6 Å². The molecule has 94 valence electrons. The first-order valence-electron chi connectivity index (χ1n) is 5.37. The van der Waals surface area contributed by atoms with E-state index in [1.54, 1.807) is 18.3 Å². The van der Waals surface area contributed by atoms with Crippen LogP contribution in [0.25, 0.3) is 0 Å². The van der Waals surface area contributed by atoms with Crippen molar-refractivity contribution in [2.75, 3.05) is 20.3 Å². The molecule has 1 aliphatic heterocycles. The molecule has 2 amide bonds. The van der Waals surface area contributed by atoms with E-state index in [1.165, 1.54) is 0 Å².